The lowest BCUT2D eigenvalue weighted by molar-refractivity contribution is 0.917. The van der Waals surface area contributed by atoms with Gasteiger partial charge in [0.1, 0.15) is 5.52 Å². The largest absolute Gasteiger partial charge is 0.233 e. The van der Waals surface area contributed by atoms with Gasteiger partial charge in [-0.1, -0.05) is 13.3 Å². The van der Waals surface area contributed by atoms with Crippen LogP contribution < -0.4 is 0 Å². The monoisotopic (exact) mass is 164 g/mol. The van der Waals surface area contributed by atoms with E-state index >= 15 is 0 Å². The van der Waals surface area contributed by atoms with E-state index < -0.39 is 0 Å². The van der Waals surface area contributed by atoms with Crippen LogP contribution in [-0.2, 0) is 6.42 Å². The van der Waals surface area contributed by atoms with E-state index in [2.05, 4.69) is 27.3 Å². The Morgan fingerprint density at radius 2 is 2.42 bits per heavy atom. The topological polar surface area (TPSA) is 54.5 Å². The predicted molar refractivity (Wildman–Crippen MR) is 47.8 cm³/mol. The molecule has 2 rings (SSSR count). The molecule has 0 radical (unpaired) electrons. The molecule has 0 fully saturated rings. The molecule has 0 unspecified atom stereocenters. The lowest BCUT2D eigenvalue weighted by atomic mass is 10.2. The van der Waals surface area contributed by atoms with Crippen LogP contribution in [0.5, 0.6) is 0 Å². The van der Waals surface area contributed by atoms with E-state index in [1.807, 2.05) is 12.3 Å². The van der Waals surface area contributed by atoms with Gasteiger partial charge < -0.3 is 0 Å². The van der Waals surface area contributed by atoms with Gasteiger partial charge in [0.15, 0.2) is 0 Å². The first kappa shape index (κ1) is 7.21. The van der Waals surface area contributed by atoms with Crippen LogP contribution in [-0.4, -0.2) is 20.4 Å². The summed E-state index contributed by atoms with van der Waals surface area (Å²) >= 11 is 0. The third kappa shape index (κ3) is 1.15. The van der Waals surface area contributed by atoms with Gasteiger partial charge in [-0.25, -0.2) is 4.98 Å². The summed E-state index contributed by atoms with van der Waals surface area (Å²) in [6, 6.07) is 2.02. The Labute approximate surface area is 71.5 Å². The molecule has 0 saturated carbocycles. The molecule has 0 aliphatic carbocycles. The van der Waals surface area contributed by atoms with Crippen molar-refractivity contribution in [1.82, 2.24) is 20.4 Å². The van der Waals surface area contributed by atoms with Crippen LogP contribution in [0.2, 0.25) is 0 Å². The van der Waals surface area contributed by atoms with Crippen molar-refractivity contribution in [1.29, 1.82) is 0 Å². The molecule has 0 aliphatic heterocycles. The van der Waals surface area contributed by atoms with Gasteiger partial charge in [-0.05, 0) is 18.1 Å². The second-order valence-electron chi connectivity index (χ2n) is 2.76. The molecule has 0 saturated heterocycles. The lowest BCUT2D eigenvalue weighted by Gasteiger charge is -1.94. The summed E-state index contributed by atoms with van der Waals surface area (Å²) in [6.07, 6.45) is 4.04. The Bertz CT molecular complexity index is 384. The molecule has 0 aromatic carbocycles. The maximum Gasteiger partial charge on any atom is 0.201 e. The fourth-order valence-corrected chi connectivity index (χ4v) is 1.21. The molecule has 2 aromatic rings. The Kier molecular flexibility index (Phi) is 1.74. The van der Waals surface area contributed by atoms with Crippen molar-refractivity contribution in [3.8, 4) is 0 Å². The van der Waals surface area contributed by atoms with Gasteiger partial charge in [-0.15, -0.1) is 5.10 Å². The minimum Gasteiger partial charge on any atom is -0.233 e. The van der Waals surface area contributed by atoms with Crippen LogP contribution in [0.3, 0.4) is 0 Å². The molecule has 64 valence electrons. The molecule has 4 nitrogen and oxygen atoms in total. The molecule has 0 bridgehead atoms. The maximum atomic E-state index is 4.15. The third-order valence-electron chi connectivity index (χ3n) is 1.77. The van der Waals surface area contributed by atoms with E-state index in [4.69, 9.17) is 0 Å². The molecule has 0 spiro atoms. The van der Waals surface area contributed by atoms with Gasteiger partial charge in [0.05, 0.1) is 0 Å². The summed E-state index contributed by atoms with van der Waals surface area (Å²) in [6.45, 7) is 2.15. The molecule has 0 amide bonds. The van der Waals surface area contributed by atoms with E-state index in [-0.39, 0.29) is 1.43 Å². The van der Waals surface area contributed by atoms with Crippen LogP contribution in [0.1, 0.15) is 20.3 Å². The smallest absolute Gasteiger partial charge is 0.201 e. The summed E-state index contributed by atoms with van der Waals surface area (Å²) in [5, 5.41) is 10.4. The van der Waals surface area contributed by atoms with Gasteiger partial charge in [0.2, 0.25) is 5.65 Å². The van der Waals surface area contributed by atoms with Gasteiger partial charge in [-0.3, -0.25) is 0 Å². The summed E-state index contributed by atoms with van der Waals surface area (Å²) in [4.78, 5) is 4.15. The van der Waals surface area contributed by atoms with E-state index in [1.54, 1.807) is 0 Å². The number of aromatic amines is 1. The zero-order valence-electron chi connectivity index (χ0n) is 6.91. The van der Waals surface area contributed by atoms with Crippen LogP contribution in [0.25, 0.3) is 11.2 Å². The average Bonchev–Trinajstić information content (AvgIpc) is 2.51. The fraction of sp³-hybridized carbons (Fsp3) is 0.375. The van der Waals surface area contributed by atoms with Gasteiger partial charge in [0, 0.05) is 7.62 Å². The highest BCUT2D eigenvalue weighted by molar-refractivity contribution is 5.68. The maximum absolute atomic E-state index is 4.15. The van der Waals surface area contributed by atoms with Crippen molar-refractivity contribution < 1.29 is 1.43 Å². The highest BCUT2D eigenvalue weighted by Gasteiger charge is 1.99. The van der Waals surface area contributed by atoms with Crippen molar-refractivity contribution in [2.24, 2.45) is 0 Å². The Balaban J connectivity index is 0.000000845. The number of nitrogens with zero attached hydrogens (tertiary/aromatic N) is 3. The average molecular weight is 164 g/mol. The zero-order chi connectivity index (χ0) is 8.39. The van der Waals surface area contributed by atoms with Crippen LogP contribution in [0.4, 0.5) is 0 Å². The Hall–Kier alpha value is -1.45. The molecular weight excluding hydrogens is 152 g/mol. The number of pyridine rings is 1. The van der Waals surface area contributed by atoms with E-state index in [0.717, 1.165) is 18.4 Å². The standard InChI is InChI=1S/C8H10N4.H2/c1-2-3-6-4-7-8(9-5-6)11-12-10-7;/h4-5H,2-3H2,1H3,(H,9,10,11,12);1H. The fourth-order valence-electron chi connectivity index (χ4n) is 1.21. The minimum absolute atomic E-state index is 0. The van der Waals surface area contributed by atoms with Crippen molar-refractivity contribution in [3.05, 3.63) is 17.8 Å². The van der Waals surface area contributed by atoms with Crippen molar-refractivity contribution in [2.75, 3.05) is 0 Å². The summed E-state index contributed by atoms with van der Waals surface area (Å²) in [5.74, 6) is 0. The predicted octanol–water partition coefficient (Wildman–Crippen LogP) is 1.55. The second kappa shape index (κ2) is 2.89. The molecule has 0 atom stereocenters. The minimum atomic E-state index is 0. The highest BCUT2D eigenvalue weighted by atomic mass is 15.3. The first-order valence-corrected chi connectivity index (χ1v) is 4.05. The number of nitrogens with one attached hydrogen (secondary N) is 1. The highest BCUT2D eigenvalue weighted by Crippen LogP contribution is 2.08. The SMILES string of the molecule is CCCc1cnc2n[nH]nc2c1.[HH]. The molecule has 1 N–H and O–H groups in total. The van der Waals surface area contributed by atoms with Crippen molar-refractivity contribution in [2.45, 2.75) is 19.8 Å². The van der Waals surface area contributed by atoms with E-state index in [1.165, 1.54) is 5.56 Å². The Morgan fingerprint density at radius 3 is 3.25 bits per heavy atom. The van der Waals surface area contributed by atoms with Crippen LogP contribution in [0.15, 0.2) is 12.3 Å². The summed E-state index contributed by atoms with van der Waals surface area (Å²) in [7, 11) is 0. The van der Waals surface area contributed by atoms with Crippen molar-refractivity contribution in [3.63, 3.8) is 0 Å². The lowest BCUT2D eigenvalue weighted by Crippen LogP contribution is -1.85. The second-order valence-corrected chi connectivity index (χ2v) is 2.76. The number of fused-ring (bicyclic) bond motifs is 1. The van der Waals surface area contributed by atoms with Crippen LogP contribution >= 0.6 is 0 Å². The zero-order valence-corrected chi connectivity index (χ0v) is 6.91. The van der Waals surface area contributed by atoms with E-state index in [0.29, 0.717) is 5.65 Å². The van der Waals surface area contributed by atoms with Gasteiger partial charge in [0.25, 0.3) is 0 Å². The summed E-state index contributed by atoms with van der Waals surface area (Å²) in [5.41, 5.74) is 2.76. The normalized spacial score (nSPS) is 10.8. The molecule has 0 aliphatic rings. The number of hydrogen-bond donors (Lipinski definition) is 1. The number of aromatic nitrogens is 4. The number of rotatable bonds is 2. The van der Waals surface area contributed by atoms with Gasteiger partial charge in [-0.2, -0.15) is 10.3 Å². The third-order valence-corrected chi connectivity index (χ3v) is 1.77. The number of aryl methyl sites for hydroxylation is 1. The Morgan fingerprint density at radius 1 is 1.50 bits per heavy atom. The first-order chi connectivity index (χ1) is 5.90. The first-order valence-electron chi connectivity index (χ1n) is 4.05. The molecule has 2 heterocycles. The van der Waals surface area contributed by atoms with E-state index in [9.17, 15) is 0 Å². The summed E-state index contributed by atoms with van der Waals surface area (Å²) < 4.78 is 0. The van der Waals surface area contributed by atoms with Crippen molar-refractivity contribution >= 4 is 11.2 Å². The molecular formula is C8H12N4. The molecule has 4 heteroatoms. The van der Waals surface area contributed by atoms with Gasteiger partial charge >= 0.3 is 0 Å². The van der Waals surface area contributed by atoms with Crippen LogP contribution in [0, 0.1) is 0 Å². The quantitative estimate of drug-likeness (QED) is 0.732. The molecule has 2 aromatic heterocycles. The number of hydrogen-bond acceptors (Lipinski definition) is 3. The number of H-pyrrole nitrogens is 1. The molecule has 12 heavy (non-hydrogen) atoms.